The lowest BCUT2D eigenvalue weighted by atomic mass is 10.1. The van der Waals surface area contributed by atoms with Crippen LogP contribution in [0.15, 0.2) is 196 Å². The number of hydrogen-bond donors (Lipinski definition) is 0. The molecule has 0 unspecified atom stereocenters. The number of ether oxygens (including phenoxy) is 11. The fraction of sp³-hybridized carbons (Fsp3) is 0.243. The molecule has 0 aliphatic carbocycles. The fourth-order valence-corrected chi connectivity index (χ4v) is 9.15. The summed E-state index contributed by atoms with van der Waals surface area (Å²) in [6, 6.07) is 42.1. The highest BCUT2D eigenvalue weighted by Crippen LogP contribution is 2.38. The van der Waals surface area contributed by atoms with Crippen LogP contribution in [0.5, 0.6) is 51.9 Å². The summed E-state index contributed by atoms with van der Waals surface area (Å²) in [7, 11) is 0. The Balaban J connectivity index is 0.884. The second kappa shape index (κ2) is 35.9. The van der Waals surface area contributed by atoms with Crippen LogP contribution in [0.2, 0.25) is 0 Å². The SMILES string of the molecule is C=CC(=O)OCCCCCCOc1ccc(OC(=O)c2ccc(C(=O)Oc3ccc4c(c3)nc(Oc3ccc(OCCCCCCOC(=O)C=C)cc3)c3cc(OC(=O)c5ccc(C(=O)Oc6ccc(OCCCCCCOC(=O)C=C)cc6)cc5)ccc34)cc2)cc1. The highest BCUT2D eigenvalue weighted by molar-refractivity contribution is 6.09. The summed E-state index contributed by atoms with van der Waals surface area (Å²) in [5.74, 6) is -0.571. The molecule has 8 rings (SSSR count). The summed E-state index contributed by atoms with van der Waals surface area (Å²) in [6.07, 6.45) is 13.5. The highest BCUT2D eigenvalue weighted by atomic mass is 16.6. The van der Waals surface area contributed by atoms with E-state index in [1.54, 1.807) is 109 Å². The number of carbonyl (C=O) groups excluding carboxylic acids is 7. The Kier molecular flexibility index (Phi) is 26.2. The Morgan fingerprint density at radius 2 is 0.591 bits per heavy atom. The molecule has 0 aliphatic heterocycles. The van der Waals surface area contributed by atoms with E-state index in [0.29, 0.717) is 95.8 Å². The molecule has 19 heteroatoms. The van der Waals surface area contributed by atoms with Gasteiger partial charge in [-0.1, -0.05) is 19.7 Å². The molecule has 19 nitrogen and oxygen atoms in total. The first-order valence-electron chi connectivity index (χ1n) is 30.5. The topological polar surface area (TPSA) is 234 Å². The number of unbranched alkanes of at least 4 members (excludes halogenated alkanes) is 9. The van der Waals surface area contributed by atoms with Crippen molar-refractivity contribution in [3.8, 4) is 51.9 Å². The molecule has 0 fully saturated rings. The van der Waals surface area contributed by atoms with Crippen molar-refractivity contribution < 1.29 is 85.7 Å². The molecule has 0 N–H and O–H groups in total. The van der Waals surface area contributed by atoms with Gasteiger partial charge in [-0.3, -0.25) is 0 Å². The number of hydrogen-bond acceptors (Lipinski definition) is 19. The van der Waals surface area contributed by atoms with Crippen LogP contribution in [-0.4, -0.2) is 86.4 Å². The van der Waals surface area contributed by atoms with E-state index < -0.39 is 41.8 Å². The summed E-state index contributed by atoms with van der Waals surface area (Å²) >= 11 is 0. The molecule has 7 aromatic carbocycles. The average molecular weight is 1260 g/mol. The van der Waals surface area contributed by atoms with Crippen LogP contribution in [0.3, 0.4) is 0 Å². The number of pyridine rings is 1. The summed E-state index contributed by atoms with van der Waals surface area (Å²) < 4.78 is 62.0. The largest absolute Gasteiger partial charge is 0.494 e. The molecule has 0 saturated carbocycles. The lowest BCUT2D eigenvalue weighted by molar-refractivity contribution is -0.138. The number of benzene rings is 7. The summed E-state index contributed by atoms with van der Waals surface area (Å²) in [4.78, 5) is 91.9. The van der Waals surface area contributed by atoms with Gasteiger partial charge in [0.2, 0.25) is 5.88 Å². The predicted molar refractivity (Wildman–Crippen MR) is 347 cm³/mol. The van der Waals surface area contributed by atoms with Gasteiger partial charge in [0, 0.05) is 35.1 Å². The maximum absolute atomic E-state index is 13.6. The lowest BCUT2D eigenvalue weighted by Gasteiger charge is -2.14. The molecular weight excluding hydrogens is 1190 g/mol. The number of esters is 7. The smallest absolute Gasteiger partial charge is 0.343 e. The third kappa shape index (κ3) is 21.8. The zero-order valence-electron chi connectivity index (χ0n) is 51.4. The zero-order valence-corrected chi connectivity index (χ0v) is 51.4. The minimum Gasteiger partial charge on any atom is -0.494 e. The Morgan fingerprint density at radius 1 is 0.301 bits per heavy atom. The second-order valence-electron chi connectivity index (χ2n) is 20.9. The lowest BCUT2D eigenvalue weighted by Crippen LogP contribution is -2.11. The van der Waals surface area contributed by atoms with E-state index in [-0.39, 0.29) is 39.6 Å². The van der Waals surface area contributed by atoms with Crippen molar-refractivity contribution in [1.82, 2.24) is 4.98 Å². The standard InChI is InChI=1S/C74H71NO18/c1-4-67(76)86-46-16-10-7-13-43-83-55-27-33-58(34-28-55)89-70-65-49-61(92-73(81)53-23-19-51(20-24-53)71(79)90-59-35-29-56(30-36-59)84-44-14-8-11-17-47-87-68(77)5-2)39-41-63(65)64-42-40-62(50-66(64)75-70)93-74(82)54-25-21-52(22-26-54)72(80)91-60-37-31-57(32-38-60)85-45-15-9-12-18-48-88-69(78)6-3/h4-6,19-42,49-50H,1-3,7-18,43-48H2. The van der Waals surface area contributed by atoms with Crippen molar-refractivity contribution in [2.45, 2.75) is 77.0 Å². The first-order chi connectivity index (χ1) is 45.3. The quantitative estimate of drug-likeness (QED) is 0.00879. The van der Waals surface area contributed by atoms with Crippen LogP contribution in [0.25, 0.3) is 21.7 Å². The number of carbonyl (C=O) groups is 7. The molecule has 0 atom stereocenters. The molecule has 480 valence electrons. The molecule has 1 aromatic heterocycles. The maximum atomic E-state index is 13.6. The van der Waals surface area contributed by atoms with Crippen LogP contribution in [0, 0.1) is 0 Å². The van der Waals surface area contributed by atoms with Gasteiger partial charge in [-0.25, -0.2) is 38.5 Å². The number of nitrogens with zero attached hydrogens (tertiary/aromatic N) is 1. The molecule has 0 amide bonds. The van der Waals surface area contributed by atoms with Gasteiger partial charge in [-0.05, 0) is 234 Å². The molecule has 0 bridgehead atoms. The fourth-order valence-electron chi connectivity index (χ4n) is 9.15. The van der Waals surface area contributed by atoms with E-state index in [1.165, 1.54) is 48.5 Å². The minimum atomic E-state index is -0.697. The number of aromatic nitrogens is 1. The van der Waals surface area contributed by atoms with Crippen molar-refractivity contribution in [2.24, 2.45) is 0 Å². The normalized spacial score (nSPS) is 10.7. The molecule has 1 heterocycles. The maximum Gasteiger partial charge on any atom is 0.343 e. The molecule has 8 aromatic rings. The van der Waals surface area contributed by atoms with Gasteiger partial charge in [0.25, 0.3) is 0 Å². The predicted octanol–water partition coefficient (Wildman–Crippen LogP) is 15.1. The highest BCUT2D eigenvalue weighted by Gasteiger charge is 2.19. The van der Waals surface area contributed by atoms with Crippen molar-refractivity contribution in [3.63, 3.8) is 0 Å². The molecule has 0 spiro atoms. The van der Waals surface area contributed by atoms with Crippen LogP contribution in [-0.2, 0) is 28.6 Å². The Hall–Kier alpha value is -11.1. The van der Waals surface area contributed by atoms with Crippen LogP contribution in [0.4, 0.5) is 0 Å². The summed E-state index contributed by atoms with van der Waals surface area (Å²) in [5.41, 5.74) is 1.16. The van der Waals surface area contributed by atoms with Crippen molar-refractivity contribution in [3.05, 3.63) is 218 Å². The Morgan fingerprint density at radius 3 is 0.946 bits per heavy atom. The molecule has 93 heavy (non-hydrogen) atoms. The van der Waals surface area contributed by atoms with E-state index in [1.807, 2.05) is 0 Å². The van der Waals surface area contributed by atoms with E-state index in [2.05, 4.69) is 19.7 Å². The molecule has 0 saturated heterocycles. The first-order valence-corrected chi connectivity index (χ1v) is 30.5. The van der Waals surface area contributed by atoms with Crippen LogP contribution < -0.4 is 37.9 Å². The monoisotopic (exact) mass is 1260 g/mol. The average Bonchev–Trinajstić information content (AvgIpc) is 0.830. The van der Waals surface area contributed by atoms with Crippen LogP contribution >= 0.6 is 0 Å². The summed E-state index contributed by atoms with van der Waals surface area (Å²) in [6.45, 7) is 12.7. The van der Waals surface area contributed by atoms with Gasteiger partial charge in [0.05, 0.1) is 67.4 Å². The van der Waals surface area contributed by atoms with Gasteiger partial charge in [-0.15, -0.1) is 0 Å². The van der Waals surface area contributed by atoms with Crippen molar-refractivity contribution in [1.29, 1.82) is 0 Å². The minimum absolute atomic E-state index is 0.141. The van der Waals surface area contributed by atoms with Crippen LogP contribution in [0.1, 0.15) is 118 Å². The van der Waals surface area contributed by atoms with E-state index in [4.69, 9.17) is 57.1 Å². The van der Waals surface area contributed by atoms with Gasteiger partial charge < -0.3 is 52.1 Å². The molecule has 0 radical (unpaired) electrons. The van der Waals surface area contributed by atoms with Gasteiger partial charge in [-0.2, -0.15) is 0 Å². The van der Waals surface area contributed by atoms with Crippen molar-refractivity contribution >= 4 is 63.5 Å². The Labute approximate surface area is 538 Å². The van der Waals surface area contributed by atoms with E-state index in [0.717, 1.165) is 95.3 Å². The van der Waals surface area contributed by atoms with E-state index in [9.17, 15) is 33.6 Å². The van der Waals surface area contributed by atoms with Gasteiger partial charge >= 0.3 is 41.8 Å². The van der Waals surface area contributed by atoms with E-state index >= 15 is 0 Å². The second-order valence-corrected chi connectivity index (χ2v) is 20.9. The molecular formula is C74H71NO18. The number of rotatable bonds is 37. The third-order valence-corrected chi connectivity index (χ3v) is 14.1. The third-order valence-electron chi connectivity index (χ3n) is 14.1. The first kappa shape index (κ1) is 67.8. The van der Waals surface area contributed by atoms with Crippen molar-refractivity contribution in [2.75, 3.05) is 39.6 Å². The number of fused-ring (bicyclic) bond motifs is 3. The van der Waals surface area contributed by atoms with Gasteiger partial charge in [0.1, 0.15) is 46.0 Å². The molecule has 0 aliphatic rings. The van der Waals surface area contributed by atoms with Gasteiger partial charge in [0.15, 0.2) is 0 Å². The summed E-state index contributed by atoms with van der Waals surface area (Å²) in [5, 5.41) is 1.81. The Bertz CT molecular complexity index is 3860. The zero-order chi connectivity index (χ0) is 65.6.